The molecule has 0 amide bonds. The van der Waals surface area contributed by atoms with E-state index in [0.29, 0.717) is 22.3 Å². The van der Waals surface area contributed by atoms with Gasteiger partial charge in [0.25, 0.3) is 0 Å². The van der Waals surface area contributed by atoms with E-state index < -0.39 is 0 Å². The van der Waals surface area contributed by atoms with Crippen LogP contribution >= 0.6 is 0 Å². The molecular weight excluding hydrogens is 256 g/mol. The summed E-state index contributed by atoms with van der Waals surface area (Å²) >= 11 is 0. The van der Waals surface area contributed by atoms with E-state index in [2.05, 4.69) is 0 Å². The van der Waals surface area contributed by atoms with Crippen LogP contribution in [0.5, 0.6) is 23.0 Å². The maximum Gasteiger partial charge on any atom is 0.131 e. The van der Waals surface area contributed by atoms with Crippen molar-refractivity contribution in [3.05, 3.63) is 36.4 Å². The first kappa shape index (κ1) is 12.4. The Hall–Kier alpha value is -2.62. The summed E-state index contributed by atoms with van der Waals surface area (Å²) in [5.74, 6) is 1.41. The van der Waals surface area contributed by atoms with Gasteiger partial charge in [-0.3, -0.25) is 0 Å². The van der Waals surface area contributed by atoms with E-state index in [1.807, 2.05) is 18.2 Å². The van der Waals surface area contributed by atoms with E-state index in [9.17, 15) is 10.2 Å². The molecule has 0 aliphatic carbocycles. The molecule has 0 aromatic heterocycles. The second kappa shape index (κ2) is 4.49. The highest BCUT2D eigenvalue weighted by Gasteiger charge is 2.15. The van der Waals surface area contributed by atoms with Gasteiger partial charge in [0.1, 0.15) is 23.0 Å². The first-order valence-electron chi connectivity index (χ1n) is 6.15. The van der Waals surface area contributed by atoms with Crippen molar-refractivity contribution in [2.75, 3.05) is 14.2 Å². The second-order valence-corrected chi connectivity index (χ2v) is 4.52. The molecule has 102 valence electrons. The van der Waals surface area contributed by atoms with Gasteiger partial charge < -0.3 is 19.7 Å². The molecule has 0 bridgehead atoms. The Kier molecular flexibility index (Phi) is 2.79. The number of methoxy groups -OCH3 is 2. The third kappa shape index (κ3) is 1.69. The molecule has 0 aliphatic rings. The summed E-state index contributed by atoms with van der Waals surface area (Å²) in [4.78, 5) is 0. The van der Waals surface area contributed by atoms with E-state index in [1.165, 1.54) is 0 Å². The van der Waals surface area contributed by atoms with E-state index in [0.717, 1.165) is 10.8 Å². The average molecular weight is 270 g/mol. The van der Waals surface area contributed by atoms with Gasteiger partial charge in [-0.2, -0.15) is 0 Å². The molecule has 0 spiro atoms. The number of fused-ring (bicyclic) bond motifs is 3. The minimum atomic E-state index is 0.0861. The summed E-state index contributed by atoms with van der Waals surface area (Å²) in [5.41, 5.74) is 0. The zero-order valence-corrected chi connectivity index (χ0v) is 11.2. The van der Waals surface area contributed by atoms with Crippen molar-refractivity contribution in [2.24, 2.45) is 0 Å². The molecule has 3 aromatic rings. The van der Waals surface area contributed by atoms with Gasteiger partial charge in [-0.05, 0) is 23.6 Å². The van der Waals surface area contributed by atoms with Crippen molar-refractivity contribution in [3.8, 4) is 23.0 Å². The monoisotopic (exact) mass is 270 g/mol. The zero-order chi connectivity index (χ0) is 14.3. The van der Waals surface area contributed by atoms with Gasteiger partial charge in [0.15, 0.2) is 0 Å². The normalized spacial score (nSPS) is 10.9. The van der Waals surface area contributed by atoms with E-state index in [4.69, 9.17) is 9.47 Å². The number of hydrogen-bond donors (Lipinski definition) is 2. The smallest absolute Gasteiger partial charge is 0.131 e. The molecule has 4 nitrogen and oxygen atoms in total. The van der Waals surface area contributed by atoms with Crippen LogP contribution in [0, 0.1) is 0 Å². The third-order valence-electron chi connectivity index (χ3n) is 3.40. The van der Waals surface area contributed by atoms with Crippen molar-refractivity contribution in [1.82, 2.24) is 0 Å². The molecular formula is C16H14O4. The summed E-state index contributed by atoms with van der Waals surface area (Å²) in [6.07, 6.45) is 0. The topological polar surface area (TPSA) is 58.9 Å². The predicted octanol–water partition coefficient (Wildman–Crippen LogP) is 3.42. The third-order valence-corrected chi connectivity index (χ3v) is 3.40. The number of aromatic hydroxyl groups is 2. The molecule has 0 radical (unpaired) electrons. The van der Waals surface area contributed by atoms with E-state index in [-0.39, 0.29) is 11.5 Å². The van der Waals surface area contributed by atoms with Gasteiger partial charge in [0, 0.05) is 22.2 Å². The molecule has 4 heteroatoms. The highest BCUT2D eigenvalue weighted by Crippen LogP contribution is 2.43. The van der Waals surface area contributed by atoms with Crippen molar-refractivity contribution < 1.29 is 19.7 Å². The Labute approximate surface area is 115 Å². The molecule has 0 saturated heterocycles. The van der Waals surface area contributed by atoms with Gasteiger partial charge in [0.05, 0.1) is 14.2 Å². The SMILES string of the molecule is COc1cc(O)cc2cc(O)c3cccc(OC)c3c12. The Morgan fingerprint density at radius 2 is 1.60 bits per heavy atom. The van der Waals surface area contributed by atoms with Crippen LogP contribution in [0.1, 0.15) is 0 Å². The number of benzene rings is 3. The summed E-state index contributed by atoms with van der Waals surface area (Å²) in [6.45, 7) is 0. The summed E-state index contributed by atoms with van der Waals surface area (Å²) in [5, 5.41) is 22.8. The Bertz CT molecular complexity index is 809. The van der Waals surface area contributed by atoms with E-state index >= 15 is 0 Å². The molecule has 0 saturated carbocycles. The molecule has 20 heavy (non-hydrogen) atoms. The first-order valence-corrected chi connectivity index (χ1v) is 6.15. The lowest BCUT2D eigenvalue weighted by Gasteiger charge is -2.13. The summed E-state index contributed by atoms with van der Waals surface area (Å²) < 4.78 is 10.7. The number of rotatable bonds is 2. The molecule has 0 atom stereocenters. The van der Waals surface area contributed by atoms with Crippen LogP contribution in [-0.4, -0.2) is 24.4 Å². The number of ether oxygens (including phenoxy) is 2. The molecule has 2 N–H and O–H groups in total. The highest BCUT2D eigenvalue weighted by atomic mass is 16.5. The molecule has 0 unspecified atom stereocenters. The molecule has 0 aliphatic heterocycles. The number of hydrogen-bond acceptors (Lipinski definition) is 4. The van der Waals surface area contributed by atoms with Crippen molar-refractivity contribution in [3.63, 3.8) is 0 Å². The minimum absolute atomic E-state index is 0.0861. The Morgan fingerprint density at radius 3 is 2.30 bits per heavy atom. The maximum atomic E-state index is 10.2. The van der Waals surface area contributed by atoms with Crippen LogP contribution in [-0.2, 0) is 0 Å². The number of phenolic OH excluding ortho intramolecular Hbond substituents is 2. The van der Waals surface area contributed by atoms with Gasteiger partial charge in [-0.1, -0.05) is 12.1 Å². The first-order chi connectivity index (χ1) is 9.65. The fourth-order valence-corrected chi connectivity index (χ4v) is 2.56. The Morgan fingerprint density at radius 1 is 0.850 bits per heavy atom. The van der Waals surface area contributed by atoms with Crippen LogP contribution in [0.2, 0.25) is 0 Å². The van der Waals surface area contributed by atoms with Crippen LogP contribution in [0.15, 0.2) is 36.4 Å². The molecule has 0 fully saturated rings. The van der Waals surface area contributed by atoms with E-state index in [1.54, 1.807) is 32.4 Å². The van der Waals surface area contributed by atoms with Crippen molar-refractivity contribution >= 4 is 21.5 Å². The molecule has 0 heterocycles. The van der Waals surface area contributed by atoms with Gasteiger partial charge in [-0.25, -0.2) is 0 Å². The summed E-state index contributed by atoms with van der Waals surface area (Å²) in [7, 11) is 3.12. The van der Waals surface area contributed by atoms with Gasteiger partial charge in [-0.15, -0.1) is 0 Å². The minimum Gasteiger partial charge on any atom is -0.508 e. The lowest BCUT2D eigenvalue weighted by molar-refractivity contribution is 0.411. The van der Waals surface area contributed by atoms with Crippen LogP contribution < -0.4 is 9.47 Å². The second-order valence-electron chi connectivity index (χ2n) is 4.52. The van der Waals surface area contributed by atoms with Crippen LogP contribution in [0.4, 0.5) is 0 Å². The molecule has 3 aromatic carbocycles. The highest BCUT2D eigenvalue weighted by molar-refractivity contribution is 6.16. The fraction of sp³-hybridized carbons (Fsp3) is 0.125. The van der Waals surface area contributed by atoms with Gasteiger partial charge in [0.2, 0.25) is 0 Å². The quantitative estimate of drug-likeness (QED) is 0.700. The fourth-order valence-electron chi connectivity index (χ4n) is 2.56. The molecule has 3 rings (SSSR count). The van der Waals surface area contributed by atoms with Crippen molar-refractivity contribution in [1.29, 1.82) is 0 Å². The maximum absolute atomic E-state index is 10.2. The number of phenols is 2. The van der Waals surface area contributed by atoms with Crippen molar-refractivity contribution in [2.45, 2.75) is 0 Å². The lowest BCUT2D eigenvalue weighted by Crippen LogP contribution is -1.90. The predicted molar refractivity (Wildman–Crippen MR) is 77.9 cm³/mol. The zero-order valence-electron chi connectivity index (χ0n) is 11.2. The average Bonchev–Trinajstić information content (AvgIpc) is 2.45. The van der Waals surface area contributed by atoms with Gasteiger partial charge >= 0.3 is 0 Å². The summed E-state index contributed by atoms with van der Waals surface area (Å²) in [6, 6.07) is 10.2. The Balaban J connectivity index is 2.62. The standard InChI is InChI=1S/C16H14O4/c1-19-13-5-3-4-11-12(18)7-9-6-10(17)8-14(20-2)15(9)16(11)13/h3-8,17-18H,1-2H3. The van der Waals surface area contributed by atoms with Crippen LogP contribution in [0.3, 0.4) is 0 Å². The lowest BCUT2D eigenvalue weighted by atomic mass is 9.99. The van der Waals surface area contributed by atoms with Crippen LogP contribution in [0.25, 0.3) is 21.5 Å². The largest absolute Gasteiger partial charge is 0.508 e.